The molecule has 1 aromatic heterocycles. The molecule has 0 radical (unpaired) electrons. The SMILES string of the molecule is Cn1ccnc1CCC(N)c1cc(Br)ccc1I. The van der Waals surface area contributed by atoms with Crippen molar-refractivity contribution in [1.82, 2.24) is 9.55 Å². The molecule has 0 aliphatic heterocycles. The van der Waals surface area contributed by atoms with E-state index >= 15 is 0 Å². The van der Waals surface area contributed by atoms with Gasteiger partial charge in [-0.15, -0.1) is 0 Å². The third kappa shape index (κ3) is 3.33. The molecule has 1 aromatic carbocycles. The smallest absolute Gasteiger partial charge is 0.108 e. The summed E-state index contributed by atoms with van der Waals surface area (Å²) in [4.78, 5) is 4.32. The van der Waals surface area contributed by atoms with Crippen LogP contribution in [0.25, 0.3) is 0 Å². The van der Waals surface area contributed by atoms with Crippen molar-refractivity contribution in [2.75, 3.05) is 0 Å². The van der Waals surface area contributed by atoms with E-state index in [1.807, 2.05) is 30.1 Å². The van der Waals surface area contributed by atoms with Crippen molar-refractivity contribution in [3.63, 3.8) is 0 Å². The van der Waals surface area contributed by atoms with Gasteiger partial charge in [-0.25, -0.2) is 4.98 Å². The molecule has 2 N–H and O–H groups in total. The average molecular weight is 420 g/mol. The normalized spacial score (nSPS) is 12.7. The van der Waals surface area contributed by atoms with E-state index in [1.165, 1.54) is 9.13 Å². The molecule has 2 rings (SSSR count). The summed E-state index contributed by atoms with van der Waals surface area (Å²) in [6.07, 6.45) is 5.58. The first kappa shape index (κ1) is 14.0. The molecule has 0 amide bonds. The minimum absolute atomic E-state index is 0.0473. The topological polar surface area (TPSA) is 43.8 Å². The van der Waals surface area contributed by atoms with Gasteiger partial charge in [0.25, 0.3) is 0 Å². The van der Waals surface area contributed by atoms with Crippen molar-refractivity contribution >= 4 is 38.5 Å². The molecular weight excluding hydrogens is 405 g/mol. The van der Waals surface area contributed by atoms with Crippen molar-refractivity contribution in [2.45, 2.75) is 18.9 Å². The number of aromatic nitrogens is 2. The first-order valence-corrected chi connectivity index (χ1v) is 7.62. The maximum Gasteiger partial charge on any atom is 0.108 e. The van der Waals surface area contributed by atoms with E-state index in [0.717, 1.165) is 23.1 Å². The molecule has 0 fully saturated rings. The van der Waals surface area contributed by atoms with Crippen LogP contribution >= 0.6 is 38.5 Å². The van der Waals surface area contributed by atoms with Crippen LogP contribution in [-0.2, 0) is 13.5 Å². The highest BCUT2D eigenvalue weighted by molar-refractivity contribution is 14.1. The van der Waals surface area contributed by atoms with Crippen molar-refractivity contribution in [3.8, 4) is 0 Å². The minimum Gasteiger partial charge on any atom is -0.338 e. The van der Waals surface area contributed by atoms with Gasteiger partial charge in [-0.05, 0) is 52.8 Å². The first-order valence-electron chi connectivity index (χ1n) is 5.74. The van der Waals surface area contributed by atoms with Crippen LogP contribution in [0.15, 0.2) is 35.1 Å². The number of nitrogens with two attached hydrogens (primary N) is 1. The first-order chi connectivity index (χ1) is 8.58. The van der Waals surface area contributed by atoms with E-state index in [-0.39, 0.29) is 6.04 Å². The van der Waals surface area contributed by atoms with Crippen LogP contribution in [0.1, 0.15) is 23.9 Å². The second-order valence-electron chi connectivity index (χ2n) is 4.27. The molecule has 1 unspecified atom stereocenters. The average Bonchev–Trinajstić information content (AvgIpc) is 2.75. The second-order valence-corrected chi connectivity index (χ2v) is 6.34. The van der Waals surface area contributed by atoms with E-state index < -0.39 is 0 Å². The lowest BCUT2D eigenvalue weighted by Crippen LogP contribution is -2.14. The van der Waals surface area contributed by atoms with Crippen molar-refractivity contribution < 1.29 is 0 Å². The number of rotatable bonds is 4. The molecule has 18 heavy (non-hydrogen) atoms. The van der Waals surface area contributed by atoms with Gasteiger partial charge in [0.05, 0.1) is 0 Å². The highest BCUT2D eigenvalue weighted by atomic mass is 127. The minimum atomic E-state index is 0.0473. The van der Waals surface area contributed by atoms with Crippen molar-refractivity contribution in [2.24, 2.45) is 12.8 Å². The Morgan fingerprint density at radius 3 is 2.94 bits per heavy atom. The molecule has 0 spiro atoms. The largest absolute Gasteiger partial charge is 0.338 e. The molecule has 0 bridgehead atoms. The van der Waals surface area contributed by atoms with Crippen molar-refractivity contribution in [3.05, 3.63) is 50.0 Å². The Balaban J connectivity index is 2.06. The fraction of sp³-hybridized carbons (Fsp3) is 0.308. The number of halogens is 2. The molecular formula is C13H15BrIN3. The summed E-state index contributed by atoms with van der Waals surface area (Å²) in [5, 5.41) is 0. The molecule has 1 heterocycles. The second kappa shape index (κ2) is 6.16. The maximum absolute atomic E-state index is 6.27. The molecule has 0 aliphatic rings. The highest BCUT2D eigenvalue weighted by Gasteiger charge is 2.11. The zero-order chi connectivity index (χ0) is 13.1. The van der Waals surface area contributed by atoms with Gasteiger partial charge >= 0.3 is 0 Å². The molecule has 1 atom stereocenters. The van der Waals surface area contributed by atoms with Gasteiger partial charge in [-0.2, -0.15) is 0 Å². The van der Waals surface area contributed by atoms with Crippen LogP contribution in [-0.4, -0.2) is 9.55 Å². The van der Waals surface area contributed by atoms with Gasteiger partial charge in [0.15, 0.2) is 0 Å². The van der Waals surface area contributed by atoms with Crippen LogP contribution < -0.4 is 5.73 Å². The number of nitrogens with zero attached hydrogens (tertiary/aromatic N) is 2. The summed E-state index contributed by atoms with van der Waals surface area (Å²) in [5.41, 5.74) is 7.46. The third-order valence-electron chi connectivity index (χ3n) is 2.96. The quantitative estimate of drug-likeness (QED) is 0.771. The van der Waals surface area contributed by atoms with E-state index in [9.17, 15) is 0 Å². The monoisotopic (exact) mass is 419 g/mol. The Morgan fingerprint density at radius 1 is 1.50 bits per heavy atom. The lowest BCUT2D eigenvalue weighted by molar-refractivity contribution is 0.618. The van der Waals surface area contributed by atoms with E-state index in [2.05, 4.69) is 55.6 Å². The predicted molar refractivity (Wildman–Crippen MR) is 85.3 cm³/mol. The van der Waals surface area contributed by atoms with Gasteiger partial charge in [-0.3, -0.25) is 0 Å². The van der Waals surface area contributed by atoms with Gasteiger partial charge in [0.1, 0.15) is 5.82 Å². The molecule has 0 saturated heterocycles. The Morgan fingerprint density at radius 2 is 2.28 bits per heavy atom. The fourth-order valence-electron chi connectivity index (χ4n) is 1.88. The van der Waals surface area contributed by atoms with Crippen LogP contribution in [0.5, 0.6) is 0 Å². The summed E-state index contributed by atoms with van der Waals surface area (Å²) < 4.78 is 4.33. The number of imidazole rings is 1. The van der Waals surface area contributed by atoms with Crippen LogP contribution in [0.3, 0.4) is 0 Å². The Bertz CT molecular complexity index is 539. The lowest BCUT2D eigenvalue weighted by atomic mass is 10.0. The molecule has 0 aliphatic carbocycles. The highest BCUT2D eigenvalue weighted by Crippen LogP contribution is 2.25. The third-order valence-corrected chi connectivity index (χ3v) is 4.43. The number of hydrogen-bond acceptors (Lipinski definition) is 2. The zero-order valence-electron chi connectivity index (χ0n) is 10.1. The van der Waals surface area contributed by atoms with Crippen molar-refractivity contribution in [1.29, 1.82) is 0 Å². The Labute approximate surface area is 129 Å². The van der Waals surface area contributed by atoms with Gasteiger partial charge in [-0.1, -0.05) is 15.9 Å². The summed E-state index contributed by atoms with van der Waals surface area (Å²) in [6, 6.07) is 6.27. The number of benzene rings is 1. The number of hydrogen-bond donors (Lipinski definition) is 1. The van der Waals surface area contributed by atoms with E-state index in [0.29, 0.717) is 0 Å². The number of aryl methyl sites for hydroxylation is 2. The van der Waals surface area contributed by atoms with Gasteiger partial charge < -0.3 is 10.3 Å². The molecule has 2 aromatic rings. The Hall–Kier alpha value is -0.400. The standard InChI is InChI=1S/C13H15BrIN3/c1-18-7-6-17-13(18)5-4-12(16)10-8-9(14)2-3-11(10)15/h2-3,6-8,12H,4-5,16H2,1H3. The fourth-order valence-corrected chi connectivity index (χ4v) is 2.99. The molecule has 5 heteroatoms. The summed E-state index contributed by atoms with van der Waals surface area (Å²) >= 11 is 5.82. The van der Waals surface area contributed by atoms with Gasteiger partial charge in [0, 0.05) is 39.9 Å². The summed E-state index contributed by atoms with van der Waals surface area (Å²) in [5.74, 6) is 1.08. The van der Waals surface area contributed by atoms with Crippen LogP contribution in [0, 0.1) is 3.57 Å². The van der Waals surface area contributed by atoms with E-state index in [4.69, 9.17) is 5.73 Å². The summed E-state index contributed by atoms with van der Waals surface area (Å²) in [6.45, 7) is 0. The Kier molecular flexibility index (Phi) is 4.80. The van der Waals surface area contributed by atoms with Gasteiger partial charge in [0.2, 0.25) is 0 Å². The zero-order valence-corrected chi connectivity index (χ0v) is 13.8. The lowest BCUT2D eigenvalue weighted by Gasteiger charge is -2.14. The summed E-state index contributed by atoms with van der Waals surface area (Å²) in [7, 11) is 2.01. The van der Waals surface area contributed by atoms with E-state index in [1.54, 1.807) is 0 Å². The predicted octanol–water partition coefficient (Wildman–Crippen LogP) is 3.42. The van der Waals surface area contributed by atoms with Crippen LogP contribution in [0.4, 0.5) is 0 Å². The molecule has 96 valence electrons. The molecule has 3 nitrogen and oxygen atoms in total. The maximum atomic E-state index is 6.27. The molecule has 0 saturated carbocycles. The van der Waals surface area contributed by atoms with Crippen LogP contribution in [0.2, 0.25) is 0 Å².